The Bertz CT molecular complexity index is 679. The zero-order valence-corrected chi connectivity index (χ0v) is 13.9. The Balaban J connectivity index is 1.75. The van der Waals surface area contributed by atoms with Crippen LogP contribution in [0.5, 0.6) is 5.75 Å². The maximum atomic E-state index is 15.0. The average Bonchev–Trinajstić information content (AvgIpc) is 3.17. The first-order valence-corrected chi connectivity index (χ1v) is 8.72. The molecule has 6 nitrogen and oxygen atoms in total. The smallest absolute Gasteiger partial charge is 0.251 e. The molecule has 24 heavy (non-hydrogen) atoms. The van der Waals surface area contributed by atoms with Crippen LogP contribution in [0.15, 0.2) is 12.1 Å². The molecule has 0 aliphatic carbocycles. The number of halogens is 1. The van der Waals surface area contributed by atoms with Crippen molar-refractivity contribution in [3.8, 4) is 11.8 Å². The molecule has 2 heterocycles. The predicted molar refractivity (Wildman–Crippen MR) is 89.8 cm³/mol. The van der Waals surface area contributed by atoms with Crippen LogP contribution >= 0.6 is 12.1 Å². The monoisotopic (exact) mass is 350 g/mol. The average molecular weight is 350 g/mol. The van der Waals surface area contributed by atoms with E-state index >= 15 is 0 Å². The Morgan fingerprint density at radius 2 is 2.33 bits per heavy atom. The largest absolute Gasteiger partial charge is 0.506 e. The van der Waals surface area contributed by atoms with Gasteiger partial charge in [-0.05, 0) is 30.9 Å². The van der Waals surface area contributed by atoms with Gasteiger partial charge >= 0.3 is 0 Å². The van der Waals surface area contributed by atoms with E-state index in [9.17, 15) is 14.3 Å². The minimum absolute atomic E-state index is 0.0122. The lowest BCUT2D eigenvalue weighted by Gasteiger charge is -2.20. The number of hydrogen-bond donors (Lipinski definition) is 3. The SMILES string of the molecule is N#CCCCC1CC(c2ccc(O)c(N3CC(=O)NS3)c2F)CN1. The maximum absolute atomic E-state index is 15.0. The number of rotatable bonds is 5. The van der Waals surface area contributed by atoms with Crippen molar-refractivity contribution in [1.82, 2.24) is 10.0 Å². The van der Waals surface area contributed by atoms with E-state index in [1.165, 1.54) is 10.4 Å². The molecule has 0 saturated carbocycles. The molecule has 3 N–H and O–H groups in total. The van der Waals surface area contributed by atoms with Crippen LogP contribution in [-0.4, -0.2) is 30.1 Å². The number of phenols is 1. The van der Waals surface area contributed by atoms with Gasteiger partial charge in [0.25, 0.3) is 5.91 Å². The van der Waals surface area contributed by atoms with Crippen molar-refractivity contribution >= 4 is 23.7 Å². The molecular weight excluding hydrogens is 331 g/mol. The zero-order valence-electron chi connectivity index (χ0n) is 13.1. The van der Waals surface area contributed by atoms with Crippen LogP contribution in [0.25, 0.3) is 0 Å². The predicted octanol–water partition coefficient (Wildman–Crippen LogP) is 2.17. The number of anilines is 1. The quantitative estimate of drug-likeness (QED) is 0.557. The van der Waals surface area contributed by atoms with E-state index in [0.29, 0.717) is 18.5 Å². The highest BCUT2D eigenvalue weighted by atomic mass is 32.2. The van der Waals surface area contributed by atoms with Crippen molar-refractivity contribution in [2.75, 3.05) is 17.4 Å². The summed E-state index contributed by atoms with van der Waals surface area (Å²) in [5.41, 5.74) is 0.613. The fourth-order valence-corrected chi connectivity index (χ4v) is 3.97. The molecular formula is C16H19FN4O2S. The number of benzene rings is 1. The van der Waals surface area contributed by atoms with Crippen LogP contribution in [0, 0.1) is 17.1 Å². The lowest BCUT2D eigenvalue weighted by Crippen LogP contribution is -2.20. The first kappa shape index (κ1) is 16.9. The first-order valence-electron chi connectivity index (χ1n) is 7.95. The molecule has 2 aliphatic rings. The summed E-state index contributed by atoms with van der Waals surface area (Å²) >= 11 is 0.985. The Hall–Kier alpha value is -1.98. The highest BCUT2D eigenvalue weighted by molar-refractivity contribution is 7.99. The number of carbonyl (C=O) groups excluding carboxylic acids is 1. The molecule has 0 radical (unpaired) electrons. The van der Waals surface area contributed by atoms with Crippen molar-refractivity contribution in [3.05, 3.63) is 23.5 Å². The third-order valence-corrected chi connectivity index (χ3v) is 5.28. The maximum Gasteiger partial charge on any atom is 0.251 e. The van der Waals surface area contributed by atoms with Gasteiger partial charge in [-0.15, -0.1) is 0 Å². The summed E-state index contributed by atoms with van der Waals surface area (Å²) in [5.74, 6) is -0.836. The summed E-state index contributed by atoms with van der Waals surface area (Å²) in [7, 11) is 0. The van der Waals surface area contributed by atoms with Crippen molar-refractivity contribution in [2.45, 2.75) is 37.6 Å². The zero-order chi connectivity index (χ0) is 17.1. The molecule has 8 heteroatoms. The second-order valence-electron chi connectivity index (χ2n) is 6.08. The molecule has 0 spiro atoms. The van der Waals surface area contributed by atoms with Gasteiger partial charge in [-0.2, -0.15) is 5.26 Å². The van der Waals surface area contributed by atoms with Crippen LogP contribution in [0.1, 0.15) is 37.2 Å². The van der Waals surface area contributed by atoms with Gasteiger partial charge in [0, 0.05) is 24.9 Å². The Morgan fingerprint density at radius 3 is 3.04 bits per heavy atom. The number of nitrogens with zero attached hydrogens (tertiary/aromatic N) is 2. The van der Waals surface area contributed by atoms with Crippen molar-refractivity contribution in [1.29, 1.82) is 5.26 Å². The summed E-state index contributed by atoms with van der Waals surface area (Å²) in [5, 5.41) is 22.0. The van der Waals surface area contributed by atoms with Crippen LogP contribution in [-0.2, 0) is 4.79 Å². The number of aromatic hydroxyl groups is 1. The van der Waals surface area contributed by atoms with E-state index in [1.54, 1.807) is 6.07 Å². The van der Waals surface area contributed by atoms with E-state index in [0.717, 1.165) is 31.4 Å². The van der Waals surface area contributed by atoms with Crippen LogP contribution < -0.4 is 14.3 Å². The number of carbonyl (C=O) groups is 1. The highest BCUT2D eigenvalue weighted by Crippen LogP contribution is 2.40. The van der Waals surface area contributed by atoms with E-state index in [2.05, 4.69) is 16.1 Å². The van der Waals surface area contributed by atoms with Gasteiger partial charge in [-0.25, -0.2) is 4.39 Å². The van der Waals surface area contributed by atoms with Crippen LogP contribution in [0.2, 0.25) is 0 Å². The lowest BCUT2D eigenvalue weighted by atomic mass is 9.93. The van der Waals surface area contributed by atoms with Crippen LogP contribution in [0.4, 0.5) is 10.1 Å². The molecule has 1 aromatic rings. The van der Waals surface area contributed by atoms with Crippen molar-refractivity contribution in [2.24, 2.45) is 0 Å². The second-order valence-corrected chi connectivity index (χ2v) is 6.91. The molecule has 3 rings (SSSR count). The summed E-state index contributed by atoms with van der Waals surface area (Å²) in [6.07, 6.45) is 3.07. The van der Waals surface area contributed by atoms with Crippen molar-refractivity contribution in [3.63, 3.8) is 0 Å². The van der Waals surface area contributed by atoms with Crippen molar-refractivity contribution < 1.29 is 14.3 Å². The molecule has 2 unspecified atom stereocenters. The van der Waals surface area contributed by atoms with E-state index in [-0.39, 0.29) is 35.8 Å². The number of amides is 1. The van der Waals surface area contributed by atoms with Gasteiger partial charge in [-0.1, -0.05) is 6.07 Å². The standard InChI is InChI=1S/C16H19FN4O2S/c17-15-12(10-7-11(19-8-10)3-1-2-6-18)4-5-13(22)16(15)21-9-14(23)20-24-21/h4-5,10-11,19,22H,1-3,7-9H2,(H,20,23). The third-order valence-electron chi connectivity index (χ3n) is 4.43. The number of hydrogen-bond acceptors (Lipinski definition) is 6. The molecule has 0 bridgehead atoms. The molecule has 0 aromatic heterocycles. The number of nitriles is 1. The van der Waals surface area contributed by atoms with Crippen LogP contribution in [0.3, 0.4) is 0 Å². The molecule has 2 fully saturated rings. The topological polar surface area (TPSA) is 88.4 Å². The fraction of sp³-hybridized carbons (Fsp3) is 0.500. The van der Waals surface area contributed by atoms with Gasteiger partial charge in [0.2, 0.25) is 0 Å². The van der Waals surface area contributed by atoms with Gasteiger partial charge in [0.1, 0.15) is 18.0 Å². The van der Waals surface area contributed by atoms with E-state index in [4.69, 9.17) is 5.26 Å². The third kappa shape index (κ3) is 3.42. The van der Waals surface area contributed by atoms with Gasteiger partial charge < -0.3 is 10.4 Å². The number of unbranched alkanes of at least 4 members (excludes halogenated alkanes) is 1. The van der Waals surface area contributed by atoms with E-state index < -0.39 is 5.82 Å². The first-order chi connectivity index (χ1) is 11.6. The Morgan fingerprint density at radius 1 is 1.50 bits per heavy atom. The lowest BCUT2D eigenvalue weighted by molar-refractivity contribution is -0.117. The van der Waals surface area contributed by atoms with Gasteiger partial charge in [-0.3, -0.25) is 13.8 Å². The molecule has 1 aromatic carbocycles. The minimum Gasteiger partial charge on any atom is -0.506 e. The summed E-state index contributed by atoms with van der Waals surface area (Å²) in [6.45, 7) is 0.682. The number of phenolic OH excluding ortho intramolecular Hbond substituents is 1. The van der Waals surface area contributed by atoms with Gasteiger partial charge in [0.15, 0.2) is 5.82 Å². The highest BCUT2D eigenvalue weighted by Gasteiger charge is 2.32. The minimum atomic E-state index is -0.469. The fourth-order valence-electron chi connectivity index (χ4n) is 3.25. The Kier molecular flexibility index (Phi) is 5.11. The van der Waals surface area contributed by atoms with Gasteiger partial charge in [0.05, 0.1) is 18.2 Å². The molecule has 2 atom stereocenters. The second kappa shape index (κ2) is 7.28. The summed E-state index contributed by atoms with van der Waals surface area (Å²) in [4.78, 5) is 11.3. The number of nitrogens with one attached hydrogen (secondary N) is 2. The summed E-state index contributed by atoms with van der Waals surface area (Å²) in [6, 6.07) is 5.52. The molecule has 2 aliphatic heterocycles. The van der Waals surface area contributed by atoms with E-state index in [1.807, 2.05) is 0 Å². The molecule has 128 valence electrons. The summed E-state index contributed by atoms with van der Waals surface area (Å²) < 4.78 is 18.9. The Labute approximate surface area is 144 Å². The normalized spacial score (nSPS) is 23.3. The molecule has 2 saturated heterocycles. The molecule has 1 amide bonds.